The van der Waals surface area contributed by atoms with Crippen LogP contribution < -0.4 is 9.64 Å². The highest BCUT2D eigenvalue weighted by Gasteiger charge is 2.40. The van der Waals surface area contributed by atoms with Gasteiger partial charge in [-0.3, -0.25) is 9.48 Å². The first-order valence-electron chi connectivity index (χ1n) is 13.4. The van der Waals surface area contributed by atoms with Crippen molar-refractivity contribution in [2.45, 2.75) is 63.7 Å². The molecule has 0 bridgehead atoms. The molecule has 2 aromatic heterocycles. The van der Waals surface area contributed by atoms with E-state index in [-0.39, 0.29) is 48.2 Å². The summed E-state index contributed by atoms with van der Waals surface area (Å²) >= 11 is 6.71. The summed E-state index contributed by atoms with van der Waals surface area (Å²) in [6.07, 6.45) is -3.94. The van der Waals surface area contributed by atoms with Crippen molar-refractivity contribution in [3.8, 4) is 11.8 Å². The number of halogens is 5. The summed E-state index contributed by atoms with van der Waals surface area (Å²) in [6.45, 7) is 1.04. The number of rotatable bonds is 5. The highest BCUT2D eigenvalue weighted by molar-refractivity contribution is 6.34. The van der Waals surface area contributed by atoms with Crippen LogP contribution in [-0.4, -0.2) is 62.4 Å². The number of benzene rings is 1. The van der Waals surface area contributed by atoms with Crippen LogP contribution in [0, 0.1) is 5.82 Å². The summed E-state index contributed by atoms with van der Waals surface area (Å²) in [5.41, 5.74) is -0.374. The molecule has 1 N–H and O–H groups in total. The predicted octanol–water partition coefficient (Wildman–Crippen LogP) is 4.66. The number of phenols is 1. The Balaban J connectivity index is 1.34. The van der Waals surface area contributed by atoms with Crippen LogP contribution in [0.3, 0.4) is 0 Å². The zero-order valence-corrected chi connectivity index (χ0v) is 23.5. The van der Waals surface area contributed by atoms with Crippen LogP contribution in [0.1, 0.15) is 63.9 Å². The fraction of sp³-hybridized carbons (Fsp3) is 0.481. The zero-order chi connectivity index (χ0) is 29.9. The van der Waals surface area contributed by atoms with Crippen LogP contribution >= 0.6 is 11.6 Å². The lowest BCUT2D eigenvalue weighted by atomic mass is 9.94. The molecule has 0 saturated heterocycles. The van der Waals surface area contributed by atoms with Crippen molar-refractivity contribution in [2.75, 3.05) is 25.6 Å². The molecule has 10 nitrogen and oxygen atoms in total. The molecule has 3 aromatic rings. The number of hydrogen-bond donors (Lipinski definition) is 1. The molecule has 0 radical (unpaired) electrons. The summed E-state index contributed by atoms with van der Waals surface area (Å²) in [5, 5.41) is 14.6. The number of fused-ring (bicyclic) bond motifs is 2. The Labute approximate surface area is 242 Å². The SMILES string of the molecule is COc1nc2c(c(N3CCCn4nc(C(=O)N(C)C5CC5)c(Cl)c4C3)n1)COC(c1c(C(F)(F)F)ccc(O)c1F)C2. The van der Waals surface area contributed by atoms with Gasteiger partial charge in [0.1, 0.15) is 5.82 Å². The Bertz CT molecular complexity index is 1560. The van der Waals surface area contributed by atoms with Gasteiger partial charge in [0.2, 0.25) is 0 Å². The number of ether oxygens (including phenoxy) is 2. The third kappa shape index (κ3) is 5.00. The van der Waals surface area contributed by atoms with Gasteiger partial charge in [-0.2, -0.15) is 28.2 Å². The maximum atomic E-state index is 14.9. The van der Waals surface area contributed by atoms with Gasteiger partial charge in [0, 0.05) is 43.7 Å². The Morgan fingerprint density at radius 3 is 2.69 bits per heavy atom. The van der Waals surface area contributed by atoms with E-state index in [1.165, 1.54) is 7.11 Å². The number of anilines is 1. The summed E-state index contributed by atoms with van der Waals surface area (Å²) in [4.78, 5) is 25.5. The van der Waals surface area contributed by atoms with Crippen molar-refractivity contribution in [1.29, 1.82) is 0 Å². The van der Waals surface area contributed by atoms with Gasteiger partial charge in [-0.15, -0.1) is 0 Å². The second-order valence-corrected chi connectivity index (χ2v) is 11.0. The van der Waals surface area contributed by atoms with E-state index in [0.717, 1.165) is 12.8 Å². The number of aromatic hydroxyl groups is 1. The average molecular weight is 611 g/mol. The van der Waals surface area contributed by atoms with Crippen molar-refractivity contribution in [1.82, 2.24) is 24.6 Å². The van der Waals surface area contributed by atoms with Gasteiger partial charge in [-0.25, -0.2) is 4.39 Å². The van der Waals surface area contributed by atoms with Gasteiger partial charge in [0.25, 0.3) is 5.91 Å². The first-order chi connectivity index (χ1) is 20.0. The van der Waals surface area contributed by atoms with Gasteiger partial charge in [-0.05, 0) is 31.4 Å². The number of aryl methyl sites for hydroxylation is 1. The predicted molar refractivity (Wildman–Crippen MR) is 141 cm³/mol. The van der Waals surface area contributed by atoms with E-state index < -0.39 is 35.0 Å². The average Bonchev–Trinajstić information content (AvgIpc) is 3.79. The quantitative estimate of drug-likeness (QED) is 0.416. The number of nitrogens with zero attached hydrogens (tertiary/aromatic N) is 6. The minimum atomic E-state index is -4.87. The van der Waals surface area contributed by atoms with Crippen LogP contribution in [0.4, 0.5) is 23.4 Å². The van der Waals surface area contributed by atoms with Crippen LogP contribution in [-0.2, 0) is 37.0 Å². The topological polar surface area (TPSA) is 106 Å². The Hall–Kier alpha value is -3.65. The number of carbonyl (C=O) groups is 1. The third-order valence-corrected chi connectivity index (χ3v) is 8.27. The molecule has 42 heavy (non-hydrogen) atoms. The van der Waals surface area contributed by atoms with E-state index in [1.807, 2.05) is 4.90 Å². The molecule has 15 heteroatoms. The minimum absolute atomic E-state index is 0.0254. The van der Waals surface area contributed by atoms with Gasteiger partial charge in [0.05, 0.1) is 48.3 Å². The number of amides is 1. The van der Waals surface area contributed by atoms with Crippen molar-refractivity contribution < 1.29 is 36.9 Å². The molecule has 1 fully saturated rings. The first kappa shape index (κ1) is 28.5. The van der Waals surface area contributed by atoms with Crippen molar-refractivity contribution >= 4 is 23.3 Å². The van der Waals surface area contributed by atoms with Gasteiger partial charge in [0.15, 0.2) is 17.3 Å². The lowest BCUT2D eigenvalue weighted by Gasteiger charge is -2.31. The molecule has 3 aliphatic rings. The Morgan fingerprint density at radius 1 is 1.24 bits per heavy atom. The van der Waals surface area contributed by atoms with Crippen molar-refractivity contribution in [3.05, 3.63) is 56.7 Å². The largest absolute Gasteiger partial charge is 0.505 e. The summed E-state index contributed by atoms with van der Waals surface area (Å²) in [7, 11) is 3.10. The molecular weight excluding hydrogens is 584 g/mol. The van der Waals surface area contributed by atoms with Gasteiger partial charge >= 0.3 is 12.2 Å². The van der Waals surface area contributed by atoms with E-state index in [9.17, 15) is 27.5 Å². The molecular formula is C27H27ClF4N6O4. The summed E-state index contributed by atoms with van der Waals surface area (Å²) in [5.74, 6) is -2.12. The highest BCUT2D eigenvalue weighted by Crippen LogP contribution is 2.44. The Morgan fingerprint density at radius 2 is 2.00 bits per heavy atom. The lowest BCUT2D eigenvalue weighted by molar-refractivity contribution is -0.140. The maximum absolute atomic E-state index is 14.9. The molecule has 1 aliphatic carbocycles. The molecule has 1 saturated carbocycles. The second-order valence-electron chi connectivity index (χ2n) is 10.6. The number of phenolic OH excluding ortho intramolecular Hbond substituents is 1. The lowest BCUT2D eigenvalue weighted by Crippen LogP contribution is -2.30. The van der Waals surface area contributed by atoms with Crippen LogP contribution in [0.15, 0.2) is 12.1 Å². The number of carbonyl (C=O) groups excluding carboxylic acids is 1. The van der Waals surface area contributed by atoms with E-state index in [0.29, 0.717) is 54.4 Å². The Kier molecular flexibility index (Phi) is 7.16. The maximum Gasteiger partial charge on any atom is 0.416 e. The first-order valence-corrected chi connectivity index (χ1v) is 13.8. The third-order valence-electron chi connectivity index (χ3n) is 7.88. The van der Waals surface area contributed by atoms with E-state index in [4.69, 9.17) is 21.1 Å². The van der Waals surface area contributed by atoms with E-state index >= 15 is 0 Å². The van der Waals surface area contributed by atoms with Crippen LogP contribution in [0.25, 0.3) is 0 Å². The number of aromatic nitrogens is 4. The molecule has 224 valence electrons. The minimum Gasteiger partial charge on any atom is -0.505 e. The monoisotopic (exact) mass is 610 g/mol. The fourth-order valence-electron chi connectivity index (χ4n) is 5.51. The molecule has 1 aromatic carbocycles. The standard InChI is InChI=1S/C27H27ClF4N6O4/c1-36(13-4-5-13)25(40)23-21(28)17-11-37(8-3-9-38(17)35-23)24-14-12-42-19(10-16(14)33-26(34-24)41-2)20-15(27(30,31)32)6-7-18(39)22(20)29/h6-7,13,19,39H,3-5,8-12H2,1-2H3. The number of methoxy groups -OCH3 is 1. The number of alkyl halides is 3. The zero-order valence-electron chi connectivity index (χ0n) is 22.7. The molecule has 6 rings (SSSR count). The van der Waals surface area contributed by atoms with Crippen molar-refractivity contribution in [2.24, 2.45) is 0 Å². The summed E-state index contributed by atoms with van der Waals surface area (Å²) in [6, 6.07) is 1.46. The fourth-order valence-corrected chi connectivity index (χ4v) is 5.78. The summed E-state index contributed by atoms with van der Waals surface area (Å²) < 4.78 is 69.0. The van der Waals surface area contributed by atoms with Crippen LogP contribution in [0.5, 0.6) is 11.8 Å². The number of hydrogen-bond acceptors (Lipinski definition) is 8. The van der Waals surface area contributed by atoms with Crippen molar-refractivity contribution in [3.63, 3.8) is 0 Å². The molecule has 2 aliphatic heterocycles. The van der Waals surface area contributed by atoms with Gasteiger partial charge < -0.3 is 24.4 Å². The van der Waals surface area contributed by atoms with Crippen LogP contribution in [0.2, 0.25) is 5.02 Å². The molecule has 0 spiro atoms. The van der Waals surface area contributed by atoms with Gasteiger partial charge in [-0.1, -0.05) is 11.6 Å². The second kappa shape index (κ2) is 10.6. The normalized spacial score (nSPS) is 18.7. The highest BCUT2D eigenvalue weighted by atomic mass is 35.5. The van der Waals surface area contributed by atoms with E-state index in [1.54, 1.807) is 16.6 Å². The smallest absolute Gasteiger partial charge is 0.416 e. The molecule has 1 amide bonds. The molecule has 1 atom stereocenters. The molecule has 1 unspecified atom stereocenters. The van der Waals surface area contributed by atoms with E-state index in [2.05, 4.69) is 15.1 Å². The molecule has 4 heterocycles.